The molecule has 18 atom stereocenters. The number of hydrogen-bond donors (Lipinski definition) is 2. The van der Waals surface area contributed by atoms with Crippen LogP contribution in [0.5, 0.6) is 0 Å². The number of carbonyl (C=O) groups is 3. The van der Waals surface area contributed by atoms with Crippen molar-refractivity contribution in [3.63, 3.8) is 0 Å². The molecule has 4 aliphatic heterocycles. The van der Waals surface area contributed by atoms with Crippen LogP contribution >= 0.6 is 0 Å². The molecule has 0 aromatic carbocycles. The second-order valence-corrected chi connectivity index (χ2v) is 20.1. The van der Waals surface area contributed by atoms with Crippen LogP contribution in [0.25, 0.3) is 0 Å². The lowest BCUT2D eigenvalue weighted by Gasteiger charge is -2.64. The molecule has 1 spiro atoms. The summed E-state index contributed by atoms with van der Waals surface area (Å²) >= 11 is 0. The predicted octanol–water partition coefficient (Wildman–Crippen LogP) is 4.91. The highest BCUT2D eigenvalue weighted by molar-refractivity contribution is 5.83. The summed E-state index contributed by atoms with van der Waals surface area (Å²) in [5.74, 6) is -0.0730. The van der Waals surface area contributed by atoms with Crippen LogP contribution in [0.2, 0.25) is 0 Å². The van der Waals surface area contributed by atoms with Gasteiger partial charge in [-0.2, -0.15) is 0 Å². The highest BCUT2D eigenvalue weighted by Gasteiger charge is 2.83. The Kier molecular flexibility index (Phi) is 10.1. The van der Waals surface area contributed by atoms with Gasteiger partial charge in [-0.3, -0.25) is 19.4 Å². The van der Waals surface area contributed by atoms with Gasteiger partial charge in [-0.05, 0) is 112 Å². The average Bonchev–Trinajstić information content (AvgIpc) is 3.87. The molecule has 5 aliphatic carbocycles. The Balaban J connectivity index is 1.23. The first-order chi connectivity index (χ1) is 27.4. The van der Waals surface area contributed by atoms with Crippen LogP contribution in [0.15, 0.2) is 23.8 Å². The monoisotopic (exact) mass is 792 g/mol. The maximum absolute atomic E-state index is 15.4. The molecule has 2 bridgehead atoms. The SMILES string of the molecule is CCC1=CC2CN(C1)CC1C3CCCCC3NC1[C@@](C(=O)OC)(C1CC3C(CC1OC)N(C)C1[C@]34CC[C@H]3CC=C[C@@](CC)(C34)[C@@H](OC(C)=O)[C@]1(O)C(=O)OC)C2. The second-order valence-electron chi connectivity index (χ2n) is 20.1. The van der Waals surface area contributed by atoms with E-state index in [1.165, 1.54) is 38.9 Å². The number of fused-ring (bicyclic) bond motifs is 6. The van der Waals surface area contributed by atoms with Gasteiger partial charge >= 0.3 is 17.9 Å². The Labute approximate surface area is 340 Å². The highest BCUT2D eigenvalue weighted by atomic mass is 16.6. The van der Waals surface area contributed by atoms with Gasteiger partial charge in [0.1, 0.15) is 0 Å². The Morgan fingerprint density at radius 3 is 2.46 bits per heavy atom. The summed E-state index contributed by atoms with van der Waals surface area (Å²) in [5, 5.41) is 17.6. The summed E-state index contributed by atoms with van der Waals surface area (Å²) in [6, 6.07) is -0.350. The fraction of sp³-hybridized carbons (Fsp3) is 0.848. The molecule has 11 heteroatoms. The summed E-state index contributed by atoms with van der Waals surface area (Å²) in [4.78, 5) is 47.8. The van der Waals surface area contributed by atoms with Crippen LogP contribution in [0, 0.1) is 57.7 Å². The third-order valence-corrected chi connectivity index (χ3v) is 18.4. The first-order valence-electron chi connectivity index (χ1n) is 22.6. The summed E-state index contributed by atoms with van der Waals surface area (Å²) in [6.45, 7) is 8.69. The molecule has 0 radical (unpaired) electrons. The van der Waals surface area contributed by atoms with Crippen molar-refractivity contribution < 1.29 is 38.4 Å². The zero-order valence-corrected chi connectivity index (χ0v) is 35.5. The van der Waals surface area contributed by atoms with E-state index in [0.717, 1.165) is 58.2 Å². The second kappa shape index (κ2) is 14.4. The number of esters is 3. The molecule has 4 saturated carbocycles. The minimum Gasteiger partial charge on any atom is -0.469 e. The van der Waals surface area contributed by atoms with Crippen LogP contribution in [-0.2, 0) is 33.3 Å². The van der Waals surface area contributed by atoms with Gasteiger partial charge in [0.05, 0.1) is 31.8 Å². The fourth-order valence-corrected chi connectivity index (χ4v) is 16.9. The number of methoxy groups -OCH3 is 3. The molecule has 2 N–H and O–H groups in total. The Morgan fingerprint density at radius 1 is 0.982 bits per heavy atom. The Morgan fingerprint density at radius 2 is 1.75 bits per heavy atom. The molecule has 0 aromatic rings. The third kappa shape index (κ3) is 5.35. The summed E-state index contributed by atoms with van der Waals surface area (Å²) < 4.78 is 24.6. The maximum Gasteiger partial charge on any atom is 0.343 e. The van der Waals surface area contributed by atoms with Crippen LogP contribution in [0.1, 0.15) is 97.8 Å². The molecule has 4 heterocycles. The van der Waals surface area contributed by atoms with E-state index in [9.17, 15) is 14.7 Å². The number of nitrogens with one attached hydrogen (secondary N) is 1. The molecule has 11 nitrogen and oxygen atoms in total. The van der Waals surface area contributed by atoms with Crippen LogP contribution in [0.3, 0.4) is 0 Å². The van der Waals surface area contributed by atoms with E-state index in [2.05, 4.69) is 54.2 Å². The van der Waals surface area contributed by atoms with Gasteiger partial charge in [-0.25, -0.2) is 4.79 Å². The van der Waals surface area contributed by atoms with E-state index in [1.807, 2.05) is 7.11 Å². The minimum atomic E-state index is -2.12. The molecule has 57 heavy (non-hydrogen) atoms. The molecule has 9 aliphatic rings. The van der Waals surface area contributed by atoms with E-state index in [0.29, 0.717) is 43.1 Å². The lowest BCUT2D eigenvalue weighted by Crippen LogP contribution is -2.77. The standard InChI is InChI=1S/C46H69N3O8/c1-8-27-19-28-22-45(41(51)55-6,38-31(25-49(23-27)24-28)30-14-10-11-15-34(30)47-38)33-20-32-35(21-36(33)54-5)48(4)39-44(32)18-16-29-13-12-17-43(9-2,37(29)44)40(57-26(3)50)46(39,53)42(52)56-7/h12,17,19,28-40,47,53H,8-11,13-16,18,20-25H2,1-7H3/t28?,29-,30?,31?,32?,33?,34?,35?,36?,37?,38?,39?,40-,43+,44-,45+,46+/m1/s1. The molecule has 3 saturated heterocycles. The van der Waals surface area contributed by atoms with Gasteiger partial charge < -0.3 is 29.4 Å². The first-order valence-corrected chi connectivity index (χ1v) is 22.6. The van der Waals surface area contributed by atoms with E-state index in [4.69, 9.17) is 18.9 Å². The number of ether oxygens (including phenoxy) is 4. The van der Waals surface area contributed by atoms with Crippen molar-refractivity contribution in [3.05, 3.63) is 23.8 Å². The smallest absolute Gasteiger partial charge is 0.343 e. The van der Waals surface area contributed by atoms with Gasteiger partial charge in [-0.15, -0.1) is 0 Å². The molecule has 0 aromatic heterocycles. The largest absolute Gasteiger partial charge is 0.469 e. The topological polar surface area (TPSA) is 127 Å². The normalized spacial score (nSPS) is 50.8. The maximum atomic E-state index is 15.4. The van der Waals surface area contributed by atoms with Crippen molar-refractivity contribution in [2.24, 2.45) is 57.7 Å². The molecular weight excluding hydrogens is 723 g/mol. The third-order valence-electron chi connectivity index (χ3n) is 18.4. The van der Waals surface area contributed by atoms with Gasteiger partial charge in [0.2, 0.25) is 5.60 Å². The fourth-order valence-electron chi connectivity index (χ4n) is 16.9. The summed E-state index contributed by atoms with van der Waals surface area (Å²) in [7, 11) is 6.79. The van der Waals surface area contributed by atoms with Gasteiger partial charge in [0.15, 0.2) is 6.10 Å². The minimum absolute atomic E-state index is 0.0300. The summed E-state index contributed by atoms with van der Waals surface area (Å²) in [6.07, 6.45) is 16.7. The van der Waals surface area contributed by atoms with E-state index < -0.39 is 45.9 Å². The number of nitrogens with zero attached hydrogens (tertiary/aromatic N) is 2. The van der Waals surface area contributed by atoms with E-state index >= 15 is 4.79 Å². The number of likely N-dealkylation sites (tertiary alicyclic amines) is 1. The predicted molar refractivity (Wildman–Crippen MR) is 214 cm³/mol. The zero-order valence-electron chi connectivity index (χ0n) is 35.5. The quantitative estimate of drug-likeness (QED) is 0.208. The molecule has 0 amide bonds. The highest BCUT2D eigenvalue weighted by Crippen LogP contribution is 2.76. The number of likely N-dealkylation sites (N-methyl/N-ethyl adjacent to an activating group) is 1. The van der Waals surface area contributed by atoms with E-state index in [-0.39, 0.29) is 47.8 Å². The van der Waals surface area contributed by atoms with Gasteiger partial charge in [-0.1, -0.05) is 50.5 Å². The lowest BCUT2D eigenvalue weighted by molar-refractivity contribution is -0.256. The zero-order chi connectivity index (χ0) is 40.2. The first kappa shape index (κ1) is 40.1. The van der Waals surface area contributed by atoms with Crippen LogP contribution < -0.4 is 5.32 Å². The van der Waals surface area contributed by atoms with Crippen molar-refractivity contribution in [2.45, 2.75) is 140 Å². The van der Waals surface area contributed by atoms with Crippen molar-refractivity contribution in [2.75, 3.05) is 48.0 Å². The molecule has 9 rings (SSSR count). The summed E-state index contributed by atoms with van der Waals surface area (Å²) in [5.41, 5.74) is -2.78. The Bertz CT molecular complexity index is 1690. The molecule has 7 fully saturated rings. The van der Waals surface area contributed by atoms with Crippen molar-refractivity contribution in [1.82, 2.24) is 15.1 Å². The number of aliphatic hydroxyl groups is 1. The van der Waals surface area contributed by atoms with Crippen LogP contribution in [-0.4, -0.2) is 123 Å². The Hall–Kier alpha value is -2.31. The van der Waals surface area contributed by atoms with Crippen molar-refractivity contribution in [1.29, 1.82) is 0 Å². The number of carbonyl (C=O) groups excluding carboxylic acids is 3. The number of allylic oxidation sites excluding steroid dienone is 1. The van der Waals surface area contributed by atoms with Crippen molar-refractivity contribution in [3.8, 4) is 0 Å². The average molecular weight is 792 g/mol. The van der Waals surface area contributed by atoms with Crippen molar-refractivity contribution >= 4 is 17.9 Å². The molecule has 316 valence electrons. The van der Waals surface area contributed by atoms with Crippen LogP contribution in [0.4, 0.5) is 0 Å². The molecule has 12 unspecified atom stereocenters. The van der Waals surface area contributed by atoms with Gasteiger partial charge in [0, 0.05) is 63.1 Å². The molecular formula is C46H69N3O8. The number of hydrogen-bond acceptors (Lipinski definition) is 11. The van der Waals surface area contributed by atoms with E-state index in [1.54, 1.807) is 7.11 Å². The lowest BCUT2D eigenvalue weighted by atomic mass is 9.41. The van der Waals surface area contributed by atoms with Gasteiger partial charge in [0.25, 0.3) is 0 Å². The number of rotatable bonds is 7.